The highest BCUT2D eigenvalue weighted by Gasteiger charge is 2.34. The van der Waals surface area contributed by atoms with Crippen molar-refractivity contribution in [3.63, 3.8) is 0 Å². The first-order chi connectivity index (χ1) is 11.9. The fourth-order valence-electron chi connectivity index (χ4n) is 2.16. The zero-order valence-corrected chi connectivity index (χ0v) is 15.0. The number of anilines is 1. The second-order valence-corrected chi connectivity index (χ2v) is 6.96. The van der Waals surface area contributed by atoms with Crippen LogP contribution < -0.4 is 5.32 Å². The molecule has 2 amide bonds. The molecule has 0 atom stereocenters. The normalized spacial score (nSPS) is 16.0. The first kappa shape index (κ1) is 17.8. The lowest BCUT2D eigenvalue weighted by molar-refractivity contribution is -0.122. The summed E-state index contributed by atoms with van der Waals surface area (Å²) in [5.41, 5.74) is 1.07. The standard InChI is InChI=1S/C17H11Cl2FN2O2S/c18-11-5-4-10(14(19)7-11)6-15-16(23)22(17(24)25-15)9-21-13-3-1-2-12(20)8-13/h1-8,21H,9H2. The van der Waals surface area contributed by atoms with Crippen molar-refractivity contribution in [2.45, 2.75) is 0 Å². The van der Waals surface area contributed by atoms with E-state index in [1.807, 2.05) is 0 Å². The summed E-state index contributed by atoms with van der Waals surface area (Å²) in [4.78, 5) is 25.8. The van der Waals surface area contributed by atoms with E-state index in [1.165, 1.54) is 18.2 Å². The highest BCUT2D eigenvalue weighted by molar-refractivity contribution is 8.18. The number of carbonyl (C=O) groups is 2. The average Bonchev–Trinajstić information content (AvgIpc) is 2.82. The van der Waals surface area contributed by atoms with Crippen LogP contribution in [0.5, 0.6) is 0 Å². The summed E-state index contributed by atoms with van der Waals surface area (Å²) in [7, 11) is 0. The van der Waals surface area contributed by atoms with Crippen molar-refractivity contribution >= 4 is 57.9 Å². The van der Waals surface area contributed by atoms with Gasteiger partial charge < -0.3 is 5.32 Å². The number of rotatable bonds is 4. The maximum absolute atomic E-state index is 13.2. The molecule has 0 radical (unpaired) electrons. The van der Waals surface area contributed by atoms with E-state index in [0.717, 1.165) is 16.7 Å². The Morgan fingerprint density at radius 2 is 1.96 bits per heavy atom. The Morgan fingerprint density at radius 1 is 1.16 bits per heavy atom. The molecule has 0 bridgehead atoms. The molecule has 3 rings (SSSR count). The summed E-state index contributed by atoms with van der Waals surface area (Å²) in [6.07, 6.45) is 1.55. The van der Waals surface area contributed by atoms with Gasteiger partial charge in [0.25, 0.3) is 11.1 Å². The van der Waals surface area contributed by atoms with Crippen molar-refractivity contribution in [1.29, 1.82) is 0 Å². The second-order valence-electron chi connectivity index (χ2n) is 5.12. The average molecular weight is 397 g/mol. The third-order valence-corrected chi connectivity index (χ3v) is 4.86. The molecule has 2 aromatic carbocycles. The highest BCUT2D eigenvalue weighted by atomic mass is 35.5. The Kier molecular flexibility index (Phi) is 5.32. The van der Waals surface area contributed by atoms with Crippen molar-refractivity contribution in [3.05, 3.63) is 68.8 Å². The zero-order chi connectivity index (χ0) is 18.0. The van der Waals surface area contributed by atoms with Gasteiger partial charge in [0.1, 0.15) is 5.82 Å². The fourth-order valence-corrected chi connectivity index (χ4v) is 3.46. The largest absolute Gasteiger partial charge is 0.367 e. The number of carbonyl (C=O) groups excluding carboxylic acids is 2. The molecule has 0 unspecified atom stereocenters. The van der Waals surface area contributed by atoms with Gasteiger partial charge in [-0.25, -0.2) is 4.39 Å². The second kappa shape index (κ2) is 7.47. The van der Waals surface area contributed by atoms with Crippen LogP contribution in [0.25, 0.3) is 6.08 Å². The van der Waals surface area contributed by atoms with Gasteiger partial charge in [-0.1, -0.05) is 35.3 Å². The minimum absolute atomic E-state index is 0.0557. The van der Waals surface area contributed by atoms with E-state index in [0.29, 0.717) is 21.3 Å². The molecule has 1 fully saturated rings. The first-order valence-corrected chi connectivity index (χ1v) is 8.71. The van der Waals surface area contributed by atoms with Crippen LogP contribution in [-0.2, 0) is 4.79 Å². The molecule has 2 aromatic rings. The number of hydrogen-bond donors (Lipinski definition) is 1. The van der Waals surface area contributed by atoms with Crippen LogP contribution >= 0.6 is 35.0 Å². The molecule has 0 aliphatic carbocycles. The molecule has 25 heavy (non-hydrogen) atoms. The molecule has 128 valence electrons. The topological polar surface area (TPSA) is 49.4 Å². The quantitative estimate of drug-likeness (QED) is 0.717. The van der Waals surface area contributed by atoms with Crippen LogP contribution in [0.2, 0.25) is 10.0 Å². The van der Waals surface area contributed by atoms with Crippen LogP contribution in [0.4, 0.5) is 14.9 Å². The number of nitrogens with one attached hydrogen (secondary N) is 1. The molecular formula is C17H11Cl2FN2O2S. The highest BCUT2D eigenvalue weighted by Crippen LogP contribution is 2.33. The van der Waals surface area contributed by atoms with Crippen molar-refractivity contribution in [2.24, 2.45) is 0 Å². The number of benzene rings is 2. The van der Waals surface area contributed by atoms with E-state index in [4.69, 9.17) is 23.2 Å². The smallest absolute Gasteiger partial charge is 0.295 e. The summed E-state index contributed by atoms with van der Waals surface area (Å²) in [6.45, 7) is -0.0557. The van der Waals surface area contributed by atoms with Gasteiger partial charge in [0, 0.05) is 15.7 Å². The molecule has 0 spiro atoms. The van der Waals surface area contributed by atoms with Crippen LogP contribution in [-0.4, -0.2) is 22.7 Å². The van der Waals surface area contributed by atoms with Gasteiger partial charge in [0.05, 0.1) is 11.6 Å². The molecule has 1 aliphatic rings. The van der Waals surface area contributed by atoms with Crippen LogP contribution in [0.1, 0.15) is 5.56 Å². The van der Waals surface area contributed by atoms with E-state index < -0.39 is 17.0 Å². The summed E-state index contributed by atoms with van der Waals surface area (Å²) < 4.78 is 13.2. The van der Waals surface area contributed by atoms with Gasteiger partial charge in [0.15, 0.2) is 0 Å². The van der Waals surface area contributed by atoms with Crippen LogP contribution in [0.15, 0.2) is 47.4 Å². The van der Waals surface area contributed by atoms with Gasteiger partial charge in [0.2, 0.25) is 0 Å². The number of hydrogen-bond acceptors (Lipinski definition) is 4. The van der Waals surface area contributed by atoms with Crippen LogP contribution in [0, 0.1) is 5.82 Å². The van der Waals surface area contributed by atoms with Crippen molar-refractivity contribution < 1.29 is 14.0 Å². The van der Waals surface area contributed by atoms with Gasteiger partial charge in [-0.2, -0.15) is 0 Å². The van der Waals surface area contributed by atoms with Gasteiger partial charge in [-0.3, -0.25) is 14.5 Å². The Labute approximate surface area is 157 Å². The van der Waals surface area contributed by atoms with E-state index in [-0.39, 0.29) is 11.6 Å². The van der Waals surface area contributed by atoms with Crippen molar-refractivity contribution in [1.82, 2.24) is 4.90 Å². The number of thioether (sulfide) groups is 1. The summed E-state index contributed by atoms with van der Waals surface area (Å²) in [5.74, 6) is -0.846. The van der Waals surface area contributed by atoms with E-state index in [2.05, 4.69) is 5.32 Å². The molecule has 1 N–H and O–H groups in total. The van der Waals surface area contributed by atoms with E-state index >= 15 is 0 Å². The van der Waals surface area contributed by atoms with Gasteiger partial charge >= 0.3 is 0 Å². The molecular weight excluding hydrogens is 386 g/mol. The predicted octanol–water partition coefficient (Wildman–Crippen LogP) is 5.24. The molecule has 4 nitrogen and oxygen atoms in total. The lowest BCUT2D eigenvalue weighted by Gasteiger charge is -2.14. The van der Waals surface area contributed by atoms with Gasteiger partial charge in [-0.15, -0.1) is 0 Å². The fraction of sp³-hybridized carbons (Fsp3) is 0.0588. The van der Waals surface area contributed by atoms with Gasteiger partial charge in [-0.05, 0) is 53.7 Å². The van der Waals surface area contributed by atoms with Crippen molar-refractivity contribution in [2.75, 3.05) is 12.0 Å². The van der Waals surface area contributed by atoms with Crippen molar-refractivity contribution in [3.8, 4) is 0 Å². The minimum Gasteiger partial charge on any atom is -0.367 e. The summed E-state index contributed by atoms with van der Waals surface area (Å²) in [6, 6.07) is 10.6. The lowest BCUT2D eigenvalue weighted by atomic mass is 10.2. The molecule has 1 saturated heterocycles. The predicted molar refractivity (Wildman–Crippen MR) is 99.2 cm³/mol. The lowest BCUT2D eigenvalue weighted by Crippen LogP contribution is -2.33. The molecule has 1 heterocycles. The number of amides is 2. The Hall–Kier alpha value is -2.02. The SMILES string of the molecule is O=C1SC(=Cc2ccc(Cl)cc2Cl)C(=O)N1CNc1cccc(F)c1. The Morgan fingerprint density at radius 3 is 2.68 bits per heavy atom. The summed E-state index contributed by atoms with van der Waals surface area (Å²) in [5, 5.41) is 3.31. The number of nitrogens with zero attached hydrogens (tertiary/aromatic N) is 1. The third kappa shape index (κ3) is 4.15. The number of imide groups is 1. The molecule has 0 aromatic heterocycles. The third-order valence-electron chi connectivity index (χ3n) is 3.39. The maximum Gasteiger partial charge on any atom is 0.295 e. The molecule has 0 saturated carbocycles. The monoisotopic (exact) mass is 396 g/mol. The molecule has 8 heteroatoms. The number of halogens is 3. The summed E-state index contributed by atoms with van der Waals surface area (Å²) >= 11 is 12.8. The molecule has 1 aliphatic heterocycles. The minimum atomic E-state index is -0.440. The Bertz CT molecular complexity index is 889. The van der Waals surface area contributed by atoms with E-state index in [9.17, 15) is 14.0 Å². The zero-order valence-electron chi connectivity index (χ0n) is 12.6. The Balaban J connectivity index is 1.74. The van der Waals surface area contributed by atoms with E-state index in [1.54, 1.807) is 30.3 Å². The van der Waals surface area contributed by atoms with Crippen LogP contribution in [0.3, 0.4) is 0 Å². The maximum atomic E-state index is 13.2. The first-order valence-electron chi connectivity index (χ1n) is 7.14.